The maximum absolute atomic E-state index is 6.09. The molecule has 0 unspecified atom stereocenters. The van der Waals surface area contributed by atoms with Crippen molar-refractivity contribution in [1.82, 2.24) is 0 Å². The topological polar surface area (TPSA) is 9.23 Å². The first-order valence-corrected chi connectivity index (χ1v) is 10.4. The van der Waals surface area contributed by atoms with E-state index in [1.54, 1.807) is 0 Å². The van der Waals surface area contributed by atoms with Gasteiger partial charge in [0.2, 0.25) is 0 Å². The molecular formula is C14H30OSSi. The molecule has 0 aliphatic rings. The highest BCUT2D eigenvalue weighted by Crippen LogP contribution is 2.36. The van der Waals surface area contributed by atoms with Crippen LogP contribution in [0.2, 0.25) is 18.1 Å². The number of rotatable bonds is 6. The van der Waals surface area contributed by atoms with Crippen molar-refractivity contribution in [2.24, 2.45) is 0 Å². The summed E-state index contributed by atoms with van der Waals surface area (Å²) in [5.74, 6) is 0. The minimum absolute atomic E-state index is 0.305. The highest BCUT2D eigenvalue weighted by molar-refractivity contribution is 8.00. The molecule has 0 aromatic heterocycles. The van der Waals surface area contributed by atoms with Crippen LogP contribution in [0.5, 0.6) is 0 Å². The SMILES string of the molecule is CC(C)S[C@H](C)/C=C/CO[Si](C)(C)C(C)(C)C. The van der Waals surface area contributed by atoms with Crippen LogP contribution in [-0.2, 0) is 4.43 Å². The zero-order chi connectivity index (χ0) is 13.7. The summed E-state index contributed by atoms with van der Waals surface area (Å²) in [6.07, 6.45) is 4.44. The Bertz CT molecular complexity index is 241. The van der Waals surface area contributed by atoms with Gasteiger partial charge in [-0.3, -0.25) is 0 Å². The Morgan fingerprint density at radius 1 is 1.18 bits per heavy atom. The Morgan fingerprint density at radius 3 is 2.12 bits per heavy atom. The van der Waals surface area contributed by atoms with Crippen molar-refractivity contribution < 1.29 is 4.43 Å². The van der Waals surface area contributed by atoms with E-state index in [1.807, 2.05) is 11.8 Å². The van der Waals surface area contributed by atoms with Crippen LogP contribution in [0, 0.1) is 0 Å². The van der Waals surface area contributed by atoms with Crippen molar-refractivity contribution in [3.63, 3.8) is 0 Å². The van der Waals surface area contributed by atoms with E-state index >= 15 is 0 Å². The second-order valence-electron chi connectivity index (χ2n) is 6.39. The molecule has 0 rings (SSSR count). The number of hydrogen-bond acceptors (Lipinski definition) is 2. The average molecular weight is 275 g/mol. The first-order valence-electron chi connectivity index (χ1n) is 6.52. The lowest BCUT2D eigenvalue weighted by Crippen LogP contribution is -2.40. The molecule has 0 N–H and O–H groups in total. The summed E-state index contributed by atoms with van der Waals surface area (Å²) in [5, 5.41) is 1.58. The fraction of sp³-hybridized carbons (Fsp3) is 0.857. The van der Waals surface area contributed by atoms with Crippen molar-refractivity contribution in [2.45, 2.75) is 70.2 Å². The normalized spacial score (nSPS) is 15.8. The predicted molar refractivity (Wildman–Crippen MR) is 84.5 cm³/mol. The smallest absolute Gasteiger partial charge is 0.192 e. The Labute approximate surface area is 114 Å². The monoisotopic (exact) mass is 274 g/mol. The van der Waals surface area contributed by atoms with Crippen molar-refractivity contribution in [1.29, 1.82) is 0 Å². The van der Waals surface area contributed by atoms with Gasteiger partial charge < -0.3 is 4.43 Å². The molecule has 0 radical (unpaired) electrons. The number of thioether (sulfide) groups is 1. The summed E-state index contributed by atoms with van der Waals surface area (Å²) in [7, 11) is -1.57. The maximum Gasteiger partial charge on any atom is 0.192 e. The standard InChI is InChI=1S/C14H30OSSi/c1-12(2)16-13(3)10-9-11-15-17(7,8)14(4,5)6/h9-10,12-13H,11H2,1-8H3/b10-9+/t13-/m1/s1. The van der Waals surface area contributed by atoms with Crippen LogP contribution in [-0.4, -0.2) is 25.4 Å². The number of hydrogen-bond donors (Lipinski definition) is 0. The molecule has 17 heavy (non-hydrogen) atoms. The van der Waals surface area contributed by atoms with Gasteiger partial charge in [-0.25, -0.2) is 0 Å². The van der Waals surface area contributed by atoms with Gasteiger partial charge in [-0.15, -0.1) is 0 Å². The first-order chi connectivity index (χ1) is 7.56. The van der Waals surface area contributed by atoms with Gasteiger partial charge >= 0.3 is 0 Å². The second kappa shape index (κ2) is 7.00. The van der Waals surface area contributed by atoms with Crippen molar-refractivity contribution in [3.05, 3.63) is 12.2 Å². The van der Waals surface area contributed by atoms with E-state index in [9.17, 15) is 0 Å². The summed E-state index contributed by atoms with van der Waals surface area (Å²) >= 11 is 1.99. The fourth-order valence-electron chi connectivity index (χ4n) is 1.19. The lowest BCUT2D eigenvalue weighted by molar-refractivity contribution is 0.328. The molecule has 0 bridgehead atoms. The van der Waals surface area contributed by atoms with Gasteiger partial charge in [0, 0.05) is 5.25 Å². The van der Waals surface area contributed by atoms with Gasteiger partial charge in [0.15, 0.2) is 8.32 Å². The molecule has 0 saturated heterocycles. The molecule has 0 saturated carbocycles. The van der Waals surface area contributed by atoms with Crippen LogP contribution >= 0.6 is 11.8 Å². The first kappa shape index (κ1) is 17.3. The summed E-state index contributed by atoms with van der Waals surface area (Å²) < 4.78 is 6.09. The maximum atomic E-state index is 6.09. The molecule has 3 heteroatoms. The minimum atomic E-state index is -1.57. The Kier molecular flexibility index (Phi) is 7.11. The molecule has 0 aromatic rings. The van der Waals surface area contributed by atoms with Crippen LogP contribution in [0.25, 0.3) is 0 Å². The Morgan fingerprint density at radius 2 is 1.71 bits per heavy atom. The highest BCUT2D eigenvalue weighted by atomic mass is 32.2. The van der Waals surface area contributed by atoms with E-state index in [1.165, 1.54) is 0 Å². The van der Waals surface area contributed by atoms with Gasteiger partial charge in [0.05, 0.1) is 6.61 Å². The second-order valence-corrected chi connectivity index (χ2v) is 13.2. The summed E-state index contributed by atoms with van der Waals surface area (Å²) in [4.78, 5) is 0. The van der Waals surface area contributed by atoms with E-state index in [2.05, 4.69) is 66.8 Å². The molecule has 1 nitrogen and oxygen atoms in total. The molecule has 0 fully saturated rings. The van der Waals surface area contributed by atoms with Crippen LogP contribution in [0.1, 0.15) is 41.5 Å². The molecule has 0 aromatic carbocycles. The molecule has 1 atom stereocenters. The third-order valence-corrected chi connectivity index (χ3v) is 8.87. The van der Waals surface area contributed by atoms with Crippen LogP contribution in [0.15, 0.2) is 12.2 Å². The predicted octanol–water partition coefficient (Wildman–Crippen LogP) is 5.09. The zero-order valence-electron chi connectivity index (χ0n) is 12.8. The van der Waals surface area contributed by atoms with Crippen molar-refractivity contribution in [2.75, 3.05) is 6.61 Å². The third kappa shape index (κ3) is 7.32. The third-order valence-electron chi connectivity index (χ3n) is 3.24. The van der Waals surface area contributed by atoms with Crippen LogP contribution < -0.4 is 0 Å². The average Bonchev–Trinajstić information content (AvgIpc) is 2.09. The molecule has 0 spiro atoms. The van der Waals surface area contributed by atoms with Crippen molar-refractivity contribution in [3.8, 4) is 0 Å². The lowest BCUT2D eigenvalue weighted by atomic mass is 10.2. The van der Waals surface area contributed by atoms with Gasteiger partial charge in [-0.05, 0) is 30.3 Å². The van der Waals surface area contributed by atoms with E-state index in [0.29, 0.717) is 15.5 Å². The highest BCUT2D eigenvalue weighted by Gasteiger charge is 2.36. The summed E-state index contributed by atoms with van der Waals surface area (Å²) in [6.45, 7) is 18.9. The van der Waals surface area contributed by atoms with E-state index < -0.39 is 8.32 Å². The van der Waals surface area contributed by atoms with Gasteiger partial charge in [-0.2, -0.15) is 11.8 Å². The van der Waals surface area contributed by atoms with E-state index in [-0.39, 0.29) is 0 Å². The van der Waals surface area contributed by atoms with Crippen LogP contribution in [0.3, 0.4) is 0 Å². The summed E-state index contributed by atoms with van der Waals surface area (Å²) in [5.41, 5.74) is 0. The quantitative estimate of drug-likeness (QED) is 0.492. The molecular weight excluding hydrogens is 244 g/mol. The lowest BCUT2D eigenvalue weighted by Gasteiger charge is -2.35. The van der Waals surface area contributed by atoms with Crippen LogP contribution in [0.4, 0.5) is 0 Å². The van der Waals surface area contributed by atoms with Crippen molar-refractivity contribution >= 4 is 20.1 Å². The van der Waals surface area contributed by atoms with Gasteiger partial charge in [0.1, 0.15) is 0 Å². The molecule has 0 aliphatic carbocycles. The largest absolute Gasteiger partial charge is 0.413 e. The Balaban J connectivity index is 4.03. The zero-order valence-corrected chi connectivity index (χ0v) is 14.6. The van der Waals surface area contributed by atoms with E-state index in [4.69, 9.17) is 4.43 Å². The van der Waals surface area contributed by atoms with E-state index in [0.717, 1.165) is 6.61 Å². The fourth-order valence-corrected chi connectivity index (χ4v) is 3.20. The molecule has 102 valence electrons. The molecule has 0 aliphatic heterocycles. The minimum Gasteiger partial charge on any atom is -0.413 e. The summed E-state index contributed by atoms with van der Waals surface area (Å²) in [6, 6.07) is 0. The Hall–Kier alpha value is 0.267. The van der Waals surface area contributed by atoms with Gasteiger partial charge in [0.25, 0.3) is 0 Å². The molecule has 0 amide bonds. The molecule has 0 heterocycles. The van der Waals surface area contributed by atoms with Gasteiger partial charge in [-0.1, -0.05) is 46.8 Å².